The molecule has 0 amide bonds. The van der Waals surface area contributed by atoms with Crippen molar-refractivity contribution in [3.05, 3.63) is 68.9 Å². The summed E-state index contributed by atoms with van der Waals surface area (Å²) in [5.41, 5.74) is 1.28. The lowest BCUT2D eigenvalue weighted by molar-refractivity contribution is 0.369. The second-order valence-corrected chi connectivity index (χ2v) is 7.13. The minimum Gasteiger partial charge on any atom is -0.493 e. The maximum atomic E-state index is 12.9. The average Bonchev–Trinajstić information content (AvgIpc) is 3.23. The fraction of sp³-hybridized carbons (Fsp3) is 0.286. The molecule has 0 saturated carbocycles. The highest BCUT2D eigenvalue weighted by molar-refractivity contribution is 5.77. The van der Waals surface area contributed by atoms with E-state index < -0.39 is 17.4 Å². The molecule has 9 heteroatoms. The van der Waals surface area contributed by atoms with Crippen molar-refractivity contribution < 1.29 is 13.6 Å². The summed E-state index contributed by atoms with van der Waals surface area (Å²) >= 11 is 0. The van der Waals surface area contributed by atoms with E-state index in [1.807, 2.05) is 24.3 Å². The van der Waals surface area contributed by atoms with E-state index in [1.54, 1.807) is 6.92 Å². The number of fused-ring (bicyclic) bond motifs is 1. The van der Waals surface area contributed by atoms with Crippen LogP contribution in [0.2, 0.25) is 0 Å². The molecule has 0 spiro atoms. The third-order valence-corrected chi connectivity index (χ3v) is 4.91. The second kappa shape index (κ2) is 7.58. The molecule has 3 heterocycles. The van der Waals surface area contributed by atoms with Gasteiger partial charge in [-0.1, -0.05) is 26.0 Å². The van der Waals surface area contributed by atoms with Crippen molar-refractivity contribution >= 4 is 11.1 Å². The van der Waals surface area contributed by atoms with Crippen LogP contribution in [0.3, 0.4) is 0 Å². The van der Waals surface area contributed by atoms with Gasteiger partial charge in [0.25, 0.3) is 5.56 Å². The molecule has 4 aromatic rings. The zero-order valence-corrected chi connectivity index (χ0v) is 16.9. The van der Waals surface area contributed by atoms with Crippen LogP contribution in [0.1, 0.15) is 44.2 Å². The molecule has 1 atom stereocenters. The number of benzene rings is 1. The topological polar surface area (TPSA) is 113 Å². The predicted molar refractivity (Wildman–Crippen MR) is 109 cm³/mol. The Kier molecular flexibility index (Phi) is 4.94. The molecule has 0 unspecified atom stereocenters. The summed E-state index contributed by atoms with van der Waals surface area (Å²) in [6, 6.07) is 8.44. The van der Waals surface area contributed by atoms with Gasteiger partial charge in [-0.15, -0.1) is 10.2 Å². The van der Waals surface area contributed by atoms with E-state index in [1.165, 1.54) is 24.9 Å². The fourth-order valence-electron chi connectivity index (χ4n) is 3.15. The van der Waals surface area contributed by atoms with Crippen LogP contribution in [0.15, 0.2) is 55.0 Å². The third kappa shape index (κ3) is 3.28. The predicted octanol–water partition coefficient (Wildman–Crippen LogP) is 3.14. The van der Waals surface area contributed by atoms with Crippen LogP contribution in [0.4, 0.5) is 0 Å². The smallest absolute Gasteiger partial charge is 0.423 e. The molecule has 0 bridgehead atoms. The first kappa shape index (κ1) is 19.6. The lowest BCUT2D eigenvalue weighted by atomic mass is 10.0. The Balaban J connectivity index is 1.74. The number of methoxy groups -OCH3 is 1. The van der Waals surface area contributed by atoms with Crippen LogP contribution in [0.25, 0.3) is 22.6 Å². The molecule has 9 nitrogen and oxygen atoms in total. The normalized spacial score (nSPS) is 12.4. The summed E-state index contributed by atoms with van der Waals surface area (Å²) < 4.78 is 17.1. The van der Waals surface area contributed by atoms with Gasteiger partial charge in [0.05, 0.1) is 7.11 Å². The Labute approximate surface area is 171 Å². The minimum absolute atomic E-state index is 0.00471. The summed E-state index contributed by atoms with van der Waals surface area (Å²) in [6.07, 6.45) is 1.41. The highest BCUT2D eigenvalue weighted by Gasteiger charge is 2.23. The van der Waals surface area contributed by atoms with E-state index in [9.17, 15) is 9.59 Å². The highest BCUT2D eigenvalue weighted by Crippen LogP contribution is 2.25. The van der Waals surface area contributed by atoms with Gasteiger partial charge in [0.1, 0.15) is 6.04 Å². The number of hydrogen-bond acceptors (Lipinski definition) is 8. The first-order chi connectivity index (χ1) is 14.4. The SMILES string of the molecule is COc1ccnc2c(=O)n([C@@H](C)c3nnc(-c4ccc(C(C)C)cc4)o3)c(=O)oc12. The van der Waals surface area contributed by atoms with Crippen molar-refractivity contribution in [2.75, 3.05) is 7.11 Å². The van der Waals surface area contributed by atoms with E-state index in [2.05, 4.69) is 29.0 Å². The Morgan fingerprint density at radius 1 is 1.00 bits per heavy atom. The highest BCUT2D eigenvalue weighted by atomic mass is 16.5. The number of aromatic nitrogens is 4. The van der Waals surface area contributed by atoms with Gasteiger partial charge in [0.15, 0.2) is 11.3 Å². The number of rotatable bonds is 5. The summed E-state index contributed by atoms with van der Waals surface area (Å²) in [5, 5.41) is 8.08. The molecule has 0 radical (unpaired) electrons. The van der Waals surface area contributed by atoms with Crippen LogP contribution >= 0.6 is 0 Å². The molecular weight excluding hydrogens is 388 g/mol. The van der Waals surface area contributed by atoms with Crippen molar-refractivity contribution in [1.29, 1.82) is 0 Å². The van der Waals surface area contributed by atoms with E-state index in [0.29, 0.717) is 11.8 Å². The van der Waals surface area contributed by atoms with Crippen LogP contribution in [0.5, 0.6) is 5.75 Å². The standard InChI is InChI=1S/C21H20N4O5/c1-11(2)13-5-7-14(8-6-13)19-24-23-18(30-19)12(3)25-20(26)16-17(29-21(25)27)15(28-4)9-10-22-16/h5-12H,1-4H3/t12-/m0/s1. The average molecular weight is 408 g/mol. The lowest BCUT2D eigenvalue weighted by Gasteiger charge is -2.10. The van der Waals surface area contributed by atoms with Gasteiger partial charge in [-0.2, -0.15) is 0 Å². The molecule has 0 N–H and O–H groups in total. The second-order valence-electron chi connectivity index (χ2n) is 7.13. The molecule has 4 rings (SSSR count). The van der Waals surface area contributed by atoms with Crippen LogP contribution < -0.4 is 16.1 Å². The van der Waals surface area contributed by atoms with Gasteiger partial charge in [-0.25, -0.2) is 14.3 Å². The number of nitrogens with zero attached hydrogens (tertiary/aromatic N) is 4. The molecule has 1 aromatic carbocycles. The number of ether oxygens (including phenoxy) is 1. The van der Waals surface area contributed by atoms with Crippen molar-refractivity contribution in [1.82, 2.24) is 19.7 Å². The van der Waals surface area contributed by atoms with E-state index >= 15 is 0 Å². The van der Waals surface area contributed by atoms with Gasteiger partial charge in [-0.3, -0.25) is 4.79 Å². The first-order valence-corrected chi connectivity index (χ1v) is 9.42. The van der Waals surface area contributed by atoms with Gasteiger partial charge in [0, 0.05) is 17.8 Å². The van der Waals surface area contributed by atoms with E-state index in [4.69, 9.17) is 13.6 Å². The summed E-state index contributed by atoms with van der Waals surface area (Å²) in [4.78, 5) is 29.5. The summed E-state index contributed by atoms with van der Waals surface area (Å²) in [5.74, 6) is 0.189. The van der Waals surface area contributed by atoms with Crippen LogP contribution in [-0.4, -0.2) is 26.9 Å². The first-order valence-electron chi connectivity index (χ1n) is 9.42. The maximum Gasteiger partial charge on any atom is 0.423 e. The molecule has 0 aliphatic heterocycles. The Hall–Kier alpha value is -3.75. The number of pyridine rings is 1. The summed E-state index contributed by atoms with van der Waals surface area (Å²) in [7, 11) is 1.41. The minimum atomic E-state index is -0.868. The van der Waals surface area contributed by atoms with Gasteiger partial charge in [-0.05, 0) is 30.5 Å². The van der Waals surface area contributed by atoms with Crippen LogP contribution in [-0.2, 0) is 0 Å². The molecular formula is C21H20N4O5. The van der Waals surface area contributed by atoms with E-state index in [0.717, 1.165) is 10.1 Å². The molecule has 3 aromatic heterocycles. The van der Waals surface area contributed by atoms with E-state index in [-0.39, 0.29) is 22.7 Å². The molecule has 0 saturated heterocycles. The van der Waals surface area contributed by atoms with Crippen molar-refractivity contribution in [2.45, 2.75) is 32.7 Å². The molecule has 0 aliphatic rings. The third-order valence-electron chi connectivity index (χ3n) is 4.91. The Morgan fingerprint density at radius 2 is 1.73 bits per heavy atom. The zero-order valence-electron chi connectivity index (χ0n) is 16.9. The summed E-state index contributed by atoms with van der Waals surface area (Å²) in [6.45, 7) is 5.82. The Bertz CT molecular complexity index is 1320. The van der Waals surface area contributed by atoms with Gasteiger partial charge < -0.3 is 13.6 Å². The molecule has 154 valence electrons. The van der Waals surface area contributed by atoms with Crippen molar-refractivity contribution in [2.24, 2.45) is 0 Å². The van der Waals surface area contributed by atoms with Crippen molar-refractivity contribution in [3.8, 4) is 17.2 Å². The monoisotopic (exact) mass is 408 g/mol. The molecule has 0 fully saturated rings. The molecule has 30 heavy (non-hydrogen) atoms. The zero-order chi connectivity index (χ0) is 21.4. The van der Waals surface area contributed by atoms with Crippen molar-refractivity contribution in [3.63, 3.8) is 0 Å². The van der Waals surface area contributed by atoms with Gasteiger partial charge in [0.2, 0.25) is 17.4 Å². The van der Waals surface area contributed by atoms with Crippen LogP contribution in [0, 0.1) is 0 Å². The number of hydrogen-bond donors (Lipinski definition) is 0. The largest absolute Gasteiger partial charge is 0.493 e. The molecule has 0 aliphatic carbocycles. The quantitative estimate of drug-likeness (QED) is 0.495. The van der Waals surface area contributed by atoms with Gasteiger partial charge >= 0.3 is 5.76 Å². The Morgan fingerprint density at radius 3 is 2.40 bits per heavy atom. The lowest BCUT2D eigenvalue weighted by Crippen LogP contribution is -2.35. The fourth-order valence-corrected chi connectivity index (χ4v) is 3.15. The maximum absolute atomic E-state index is 12.9.